The van der Waals surface area contributed by atoms with Crippen molar-refractivity contribution in [3.63, 3.8) is 0 Å². The van der Waals surface area contributed by atoms with Crippen molar-refractivity contribution in [1.82, 2.24) is 9.97 Å². The normalized spacial score (nSPS) is 11.1. The summed E-state index contributed by atoms with van der Waals surface area (Å²) in [5.74, 6) is -0.320. The lowest BCUT2D eigenvalue weighted by atomic mass is 10.1. The van der Waals surface area contributed by atoms with Crippen molar-refractivity contribution in [1.29, 1.82) is 0 Å². The van der Waals surface area contributed by atoms with Crippen LogP contribution in [0, 0.1) is 6.92 Å². The molecule has 1 N–H and O–H groups in total. The molecule has 0 atom stereocenters. The van der Waals surface area contributed by atoms with Gasteiger partial charge < -0.3 is 9.72 Å². The Hall–Kier alpha value is -2.36. The maximum absolute atomic E-state index is 11.9. The second-order valence-electron chi connectivity index (χ2n) is 4.41. The lowest BCUT2D eigenvalue weighted by Crippen LogP contribution is -2.07. The summed E-state index contributed by atoms with van der Waals surface area (Å²) < 4.78 is 5.06. The number of aromatic nitrogens is 2. The molecule has 3 rings (SSSR count). The highest BCUT2D eigenvalue weighted by molar-refractivity contribution is 6.08. The zero-order chi connectivity index (χ0) is 13.4. The Kier molecular flexibility index (Phi) is 2.71. The number of carbonyl (C=O) groups is 1. The lowest BCUT2D eigenvalue weighted by Gasteiger charge is -2.04. The standard InChI is InChI=1S/C15H14N2O2/c1-3-19-15(18)11-8-12-10-6-4-5-7-13(10)17-14(12)16-9(11)2/h4-8H,3H2,1-2H3,(H,16,17). The van der Waals surface area contributed by atoms with Crippen molar-refractivity contribution in [2.24, 2.45) is 0 Å². The first-order valence-electron chi connectivity index (χ1n) is 6.26. The zero-order valence-electron chi connectivity index (χ0n) is 10.9. The monoisotopic (exact) mass is 254 g/mol. The fourth-order valence-electron chi connectivity index (χ4n) is 2.28. The smallest absolute Gasteiger partial charge is 0.339 e. The zero-order valence-corrected chi connectivity index (χ0v) is 10.9. The van der Waals surface area contributed by atoms with Gasteiger partial charge >= 0.3 is 5.97 Å². The molecule has 0 aliphatic heterocycles. The maximum Gasteiger partial charge on any atom is 0.339 e. The molecule has 0 aliphatic carbocycles. The number of nitrogens with zero attached hydrogens (tertiary/aromatic N) is 1. The molecule has 0 amide bonds. The Bertz CT molecular complexity index is 774. The van der Waals surface area contributed by atoms with Crippen LogP contribution in [0.4, 0.5) is 0 Å². The van der Waals surface area contributed by atoms with Gasteiger partial charge in [0, 0.05) is 16.3 Å². The van der Waals surface area contributed by atoms with Crippen LogP contribution in [-0.2, 0) is 4.74 Å². The Morgan fingerprint density at radius 2 is 2.11 bits per heavy atom. The molecule has 0 aliphatic rings. The molecular formula is C15H14N2O2. The van der Waals surface area contributed by atoms with Crippen molar-refractivity contribution in [2.45, 2.75) is 13.8 Å². The van der Waals surface area contributed by atoms with Gasteiger partial charge in [-0.2, -0.15) is 0 Å². The number of para-hydroxylation sites is 1. The predicted octanol–water partition coefficient (Wildman–Crippen LogP) is 3.20. The molecule has 0 saturated carbocycles. The van der Waals surface area contributed by atoms with Crippen LogP contribution < -0.4 is 0 Å². The minimum Gasteiger partial charge on any atom is -0.462 e. The van der Waals surface area contributed by atoms with E-state index in [1.165, 1.54) is 0 Å². The highest BCUT2D eigenvalue weighted by Gasteiger charge is 2.14. The van der Waals surface area contributed by atoms with E-state index in [0.29, 0.717) is 17.9 Å². The van der Waals surface area contributed by atoms with Crippen LogP contribution in [-0.4, -0.2) is 22.5 Å². The van der Waals surface area contributed by atoms with E-state index in [9.17, 15) is 4.79 Å². The van der Waals surface area contributed by atoms with Crippen LogP contribution in [0.1, 0.15) is 23.0 Å². The van der Waals surface area contributed by atoms with Crippen molar-refractivity contribution < 1.29 is 9.53 Å². The number of ether oxygens (including phenoxy) is 1. The Morgan fingerprint density at radius 1 is 1.32 bits per heavy atom. The number of benzene rings is 1. The molecule has 0 fully saturated rings. The largest absolute Gasteiger partial charge is 0.462 e. The summed E-state index contributed by atoms with van der Waals surface area (Å²) in [6, 6.07) is 9.81. The van der Waals surface area contributed by atoms with Crippen LogP contribution in [0.25, 0.3) is 21.9 Å². The quantitative estimate of drug-likeness (QED) is 0.714. The summed E-state index contributed by atoms with van der Waals surface area (Å²) in [5, 5.41) is 2.01. The molecule has 19 heavy (non-hydrogen) atoms. The number of H-pyrrole nitrogens is 1. The van der Waals surface area contributed by atoms with Gasteiger partial charge in [-0.25, -0.2) is 9.78 Å². The molecule has 0 unspecified atom stereocenters. The molecule has 0 bridgehead atoms. The van der Waals surface area contributed by atoms with Crippen molar-refractivity contribution in [2.75, 3.05) is 6.61 Å². The van der Waals surface area contributed by atoms with E-state index in [2.05, 4.69) is 9.97 Å². The molecular weight excluding hydrogens is 240 g/mol. The van der Waals surface area contributed by atoms with E-state index in [1.54, 1.807) is 6.92 Å². The minimum atomic E-state index is -0.320. The van der Waals surface area contributed by atoms with Crippen molar-refractivity contribution in [3.8, 4) is 0 Å². The third kappa shape index (κ3) is 1.85. The van der Waals surface area contributed by atoms with Gasteiger partial charge in [0.1, 0.15) is 5.65 Å². The second kappa shape index (κ2) is 4.39. The van der Waals surface area contributed by atoms with Gasteiger partial charge in [-0.05, 0) is 26.0 Å². The van der Waals surface area contributed by atoms with Crippen molar-refractivity contribution in [3.05, 3.63) is 41.6 Å². The van der Waals surface area contributed by atoms with E-state index in [4.69, 9.17) is 4.74 Å². The SMILES string of the molecule is CCOC(=O)c1cc2c(nc1C)[nH]c1ccccc12. The molecule has 2 aromatic heterocycles. The maximum atomic E-state index is 11.9. The molecule has 2 heterocycles. The van der Waals surface area contributed by atoms with Crippen LogP contribution in [0.3, 0.4) is 0 Å². The van der Waals surface area contributed by atoms with E-state index < -0.39 is 0 Å². The van der Waals surface area contributed by atoms with Gasteiger partial charge in [-0.1, -0.05) is 18.2 Å². The number of hydrogen-bond acceptors (Lipinski definition) is 3. The highest BCUT2D eigenvalue weighted by Crippen LogP contribution is 2.26. The first-order valence-corrected chi connectivity index (χ1v) is 6.26. The van der Waals surface area contributed by atoms with E-state index >= 15 is 0 Å². The molecule has 4 heteroatoms. The first kappa shape index (κ1) is 11.7. The van der Waals surface area contributed by atoms with E-state index in [-0.39, 0.29) is 5.97 Å². The van der Waals surface area contributed by atoms with Crippen molar-refractivity contribution >= 4 is 27.9 Å². The van der Waals surface area contributed by atoms with E-state index in [1.807, 2.05) is 37.3 Å². The summed E-state index contributed by atoms with van der Waals surface area (Å²) in [6.45, 7) is 3.98. The Morgan fingerprint density at radius 3 is 2.89 bits per heavy atom. The number of aromatic amines is 1. The molecule has 1 aromatic carbocycles. The van der Waals surface area contributed by atoms with Gasteiger partial charge in [-0.15, -0.1) is 0 Å². The highest BCUT2D eigenvalue weighted by atomic mass is 16.5. The van der Waals surface area contributed by atoms with Crippen LogP contribution in [0.2, 0.25) is 0 Å². The number of rotatable bonds is 2. The fraction of sp³-hybridized carbons (Fsp3) is 0.200. The molecule has 96 valence electrons. The van der Waals surface area contributed by atoms with Crippen LogP contribution in [0.15, 0.2) is 30.3 Å². The minimum absolute atomic E-state index is 0.320. The molecule has 0 saturated heterocycles. The third-order valence-corrected chi connectivity index (χ3v) is 3.18. The number of carbonyl (C=O) groups excluding carboxylic acids is 1. The topological polar surface area (TPSA) is 55.0 Å². The van der Waals surface area contributed by atoms with Gasteiger partial charge in [0.2, 0.25) is 0 Å². The first-order chi connectivity index (χ1) is 9.20. The number of hydrogen-bond donors (Lipinski definition) is 1. The van der Waals surface area contributed by atoms with Gasteiger partial charge in [0.05, 0.1) is 17.9 Å². The Labute approximate surface area is 110 Å². The number of nitrogens with one attached hydrogen (secondary N) is 1. The average Bonchev–Trinajstić information content (AvgIpc) is 2.75. The second-order valence-corrected chi connectivity index (χ2v) is 4.41. The summed E-state index contributed by atoms with van der Waals surface area (Å²) in [4.78, 5) is 19.6. The van der Waals surface area contributed by atoms with Gasteiger partial charge in [0.25, 0.3) is 0 Å². The average molecular weight is 254 g/mol. The van der Waals surface area contributed by atoms with Crippen LogP contribution in [0.5, 0.6) is 0 Å². The number of fused-ring (bicyclic) bond motifs is 3. The summed E-state index contributed by atoms with van der Waals surface area (Å²) in [6.07, 6.45) is 0. The lowest BCUT2D eigenvalue weighted by molar-refractivity contribution is 0.0525. The summed E-state index contributed by atoms with van der Waals surface area (Å²) >= 11 is 0. The molecule has 3 aromatic rings. The predicted molar refractivity (Wildman–Crippen MR) is 74.3 cm³/mol. The van der Waals surface area contributed by atoms with Gasteiger partial charge in [0.15, 0.2) is 0 Å². The van der Waals surface area contributed by atoms with Gasteiger partial charge in [-0.3, -0.25) is 0 Å². The van der Waals surface area contributed by atoms with Crippen LogP contribution >= 0.6 is 0 Å². The molecule has 4 nitrogen and oxygen atoms in total. The summed E-state index contributed by atoms with van der Waals surface area (Å²) in [5.41, 5.74) is 3.02. The molecule has 0 spiro atoms. The number of pyridine rings is 1. The number of esters is 1. The fourth-order valence-corrected chi connectivity index (χ4v) is 2.28. The summed E-state index contributed by atoms with van der Waals surface area (Å²) in [7, 11) is 0. The molecule has 0 radical (unpaired) electrons. The number of aryl methyl sites for hydroxylation is 1. The Balaban J connectivity index is 2.28. The van der Waals surface area contributed by atoms with E-state index in [0.717, 1.165) is 21.9 Å². The third-order valence-electron chi connectivity index (χ3n) is 3.18.